The summed E-state index contributed by atoms with van der Waals surface area (Å²) in [5.41, 5.74) is 5.09. The highest BCUT2D eigenvalue weighted by Crippen LogP contribution is 2.46. The van der Waals surface area contributed by atoms with Gasteiger partial charge in [0.1, 0.15) is 0 Å². The largest absolute Gasteiger partial charge is 0.378 e. The summed E-state index contributed by atoms with van der Waals surface area (Å²) < 4.78 is 13.8. The Labute approximate surface area is 238 Å². The van der Waals surface area contributed by atoms with E-state index in [1.807, 2.05) is 18.0 Å². The lowest BCUT2D eigenvalue weighted by Gasteiger charge is -2.49. The van der Waals surface area contributed by atoms with Crippen LogP contribution in [0, 0.1) is 13.8 Å². The smallest absolute Gasteiger partial charge is 0.245 e. The second-order valence-corrected chi connectivity index (χ2v) is 11.9. The van der Waals surface area contributed by atoms with Crippen molar-refractivity contribution in [2.45, 2.75) is 50.9 Å². The normalized spacial score (nSPS) is 24.5. The Kier molecular flexibility index (Phi) is 6.61. The molecule has 1 aromatic carbocycles. The van der Waals surface area contributed by atoms with Gasteiger partial charge >= 0.3 is 0 Å². The molecule has 0 bridgehead atoms. The number of fused-ring (bicyclic) bond motifs is 2. The Hall–Kier alpha value is -2.92. The number of aromatic nitrogens is 4. The summed E-state index contributed by atoms with van der Waals surface area (Å²) in [4.78, 5) is 19.2. The van der Waals surface area contributed by atoms with Crippen molar-refractivity contribution in [2.24, 2.45) is 0 Å². The summed E-state index contributed by atoms with van der Waals surface area (Å²) in [6.45, 7) is 14.0. The summed E-state index contributed by atoms with van der Waals surface area (Å²) in [6, 6.07) is 3.21. The minimum absolute atomic E-state index is 0.00656. The average Bonchev–Trinajstić information content (AvgIpc) is 3.68. The molecule has 2 atom stereocenters. The minimum atomic E-state index is -0.00656. The van der Waals surface area contributed by atoms with Gasteiger partial charge in [-0.25, -0.2) is 0 Å². The van der Waals surface area contributed by atoms with E-state index in [4.69, 9.17) is 26.2 Å². The van der Waals surface area contributed by atoms with Gasteiger partial charge in [-0.3, -0.25) is 19.5 Å². The Morgan fingerprint density at radius 1 is 1.05 bits per heavy atom. The third kappa shape index (κ3) is 4.07. The molecule has 4 fully saturated rings. The first-order chi connectivity index (χ1) is 19.5. The molecular weight excluding hydrogens is 530 g/mol. The maximum Gasteiger partial charge on any atom is 0.245 e. The number of carbonyl (C=O) groups excluding carboxylic acids is 1. The number of rotatable bonds is 5. The number of H-pyrrole nitrogens is 1. The number of piperazine rings is 1. The fraction of sp³-hybridized carbons (Fsp3) is 0.552. The molecule has 6 heterocycles. The maximum absolute atomic E-state index is 12.2. The number of anilines is 1. The fourth-order valence-electron chi connectivity index (χ4n) is 7.09. The number of piperidine rings is 1. The monoisotopic (exact) mass is 565 g/mol. The summed E-state index contributed by atoms with van der Waals surface area (Å²) >= 11 is 7.12. The van der Waals surface area contributed by atoms with E-state index in [2.05, 4.69) is 44.2 Å². The highest BCUT2D eigenvalue weighted by atomic mass is 35.5. The standard InChI is InChI=1S/C29H36ClN7O3/c1-4-25(38)34-7-5-19(6-8-34)37-18(3)26(27-21-12-31-32-22(21)11-17(2)28(27)30)29(33-37)36-10-9-35(20-13-39-14-20)23-15-40-16-24(23)36/h4,11-12,19-20,23-24H,1,5-10,13-16H2,2-3H3,(H,31,32). The molecule has 1 amide bonds. The second-order valence-electron chi connectivity index (χ2n) is 11.5. The number of ether oxygens (including phenoxy) is 2. The number of amides is 1. The zero-order valence-corrected chi connectivity index (χ0v) is 23.9. The molecule has 10 nitrogen and oxygen atoms in total. The van der Waals surface area contributed by atoms with Gasteiger partial charge in [0, 0.05) is 48.4 Å². The third-order valence-electron chi connectivity index (χ3n) is 9.35. The summed E-state index contributed by atoms with van der Waals surface area (Å²) in [5, 5.41) is 14.6. The minimum Gasteiger partial charge on any atom is -0.378 e. The van der Waals surface area contributed by atoms with E-state index in [1.54, 1.807) is 0 Å². The van der Waals surface area contributed by atoms with Crippen LogP contribution in [-0.4, -0.2) is 106 Å². The number of nitrogens with one attached hydrogen (secondary N) is 1. The van der Waals surface area contributed by atoms with Gasteiger partial charge in [0.25, 0.3) is 0 Å². The lowest BCUT2D eigenvalue weighted by atomic mass is 9.96. The Bertz CT molecular complexity index is 1460. The molecule has 4 saturated heterocycles. The van der Waals surface area contributed by atoms with E-state index in [0.717, 1.165) is 89.9 Å². The lowest BCUT2D eigenvalue weighted by Crippen LogP contribution is -2.65. The van der Waals surface area contributed by atoms with Gasteiger partial charge < -0.3 is 19.3 Å². The van der Waals surface area contributed by atoms with Crippen molar-refractivity contribution >= 4 is 34.2 Å². The molecule has 0 radical (unpaired) electrons. The molecule has 2 unspecified atom stereocenters. The van der Waals surface area contributed by atoms with Crippen LogP contribution in [0.4, 0.5) is 5.82 Å². The van der Waals surface area contributed by atoms with Crippen LogP contribution in [0.2, 0.25) is 5.02 Å². The number of halogens is 1. The number of benzene rings is 1. The number of hydrogen-bond donors (Lipinski definition) is 1. The van der Waals surface area contributed by atoms with Crippen LogP contribution in [0.5, 0.6) is 0 Å². The highest BCUT2D eigenvalue weighted by Gasteiger charge is 2.46. The number of carbonyl (C=O) groups is 1. The van der Waals surface area contributed by atoms with Crippen molar-refractivity contribution < 1.29 is 14.3 Å². The maximum atomic E-state index is 12.2. The summed E-state index contributed by atoms with van der Waals surface area (Å²) in [6.07, 6.45) is 4.95. The van der Waals surface area contributed by atoms with E-state index >= 15 is 0 Å². The molecule has 1 N–H and O–H groups in total. The molecule has 3 aromatic rings. The quantitative estimate of drug-likeness (QED) is 0.474. The average molecular weight is 566 g/mol. The first-order valence-corrected chi connectivity index (χ1v) is 14.6. The van der Waals surface area contributed by atoms with Crippen molar-refractivity contribution in [1.82, 2.24) is 29.8 Å². The van der Waals surface area contributed by atoms with Gasteiger partial charge in [-0.1, -0.05) is 18.2 Å². The van der Waals surface area contributed by atoms with E-state index in [9.17, 15) is 4.79 Å². The number of nitrogens with zero attached hydrogens (tertiary/aromatic N) is 6. The Morgan fingerprint density at radius 2 is 1.80 bits per heavy atom. The van der Waals surface area contributed by atoms with Crippen LogP contribution < -0.4 is 4.90 Å². The topological polar surface area (TPSA) is 91.8 Å². The SMILES string of the molecule is C=CC(=O)N1CCC(n2nc(N3CCN(C4COC4)C4COCC43)c(-c3c(Cl)c(C)cc4[nH]ncc34)c2C)CC1. The van der Waals surface area contributed by atoms with Gasteiger partial charge in [-0.05, 0) is 44.4 Å². The molecule has 4 aliphatic heterocycles. The Morgan fingerprint density at radius 3 is 2.52 bits per heavy atom. The van der Waals surface area contributed by atoms with Gasteiger partial charge in [-0.15, -0.1) is 0 Å². The van der Waals surface area contributed by atoms with Gasteiger partial charge in [0.05, 0.1) is 67.3 Å². The van der Waals surface area contributed by atoms with Crippen LogP contribution in [-0.2, 0) is 14.3 Å². The molecule has 0 saturated carbocycles. The van der Waals surface area contributed by atoms with E-state index < -0.39 is 0 Å². The van der Waals surface area contributed by atoms with Crippen LogP contribution in [0.25, 0.3) is 22.0 Å². The number of hydrogen-bond acceptors (Lipinski definition) is 7. The molecule has 7 rings (SSSR count). The first kappa shape index (κ1) is 26.0. The van der Waals surface area contributed by atoms with Crippen LogP contribution >= 0.6 is 11.6 Å². The predicted octanol–water partition coefficient (Wildman–Crippen LogP) is 3.33. The van der Waals surface area contributed by atoms with E-state index in [0.29, 0.717) is 31.8 Å². The molecule has 2 aromatic heterocycles. The fourth-order valence-corrected chi connectivity index (χ4v) is 7.34. The Balaban J connectivity index is 1.33. The summed E-state index contributed by atoms with van der Waals surface area (Å²) in [5.74, 6) is 0.954. The predicted molar refractivity (Wildman–Crippen MR) is 154 cm³/mol. The lowest BCUT2D eigenvalue weighted by molar-refractivity contribution is -0.127. The molecule has 11 heteroatoms. The summed E-state index contributed by atoms with van der Waals surface area (Å²) in [7, 11) is 0. The van der Waals surface area contributed by atoms with Gasteiger partial charge in [0.15, 0.2) is 5.82 Å². The molecule has 212 valence electrons. The van der Waals surface area contributed by atoms with Crippen LogP contribution in [0.3, 0.4) is 0 Å². The third-order valence-corrected chi connectivity index (χ3v) is 9.84. The number of aromatic amines is 1. The van der Waals surface area contributed by atoms with Crippen molar-refractivity contribution in [1.29, 1.82) is 0 Å². The number of aryl methyl sites for hydroxylation is 1. The van der Waals surface area contributed by atoms with Crippen molar-refractivity contribution in [3.05, 3.63) is 41.2 Å². The van der Waals surface area contributed by atoms with Crippen molar-refractivity contribution in [3.8, 4) is 11.1 Å². The molecule has 0 spiro atoms. The van der Waals surface area contributed by atoms with Gasteiger partial charge in [0.2, 0.25) is 5.91 Å². The molecule has 40 heavy (non-hydrogen) atoms. The molecule has 0 aliphatic carbocycles. The second kappa shape index (κ2) is 10.2. The highest BCUT2D eigenvalue weighted by molar-refractivity contribution is 6.36. The van der Waals surface area contributed by atoms with Crippen LogP contribution in [0.15, 0.2) is 24.9 Å². The van der Waals surface area contributed by atoms with E-state index in [-0.39, 0.29) is 18.0 Å². The first-order valence-electron chi connectivity index (χ1n) is 14.3. The van der Waals surface area contributed by atoms with Gasteiger partial charge in [-0.2, -0.15) is 10.2 Å². The zero-order valence-electron chi connectivity index (χ0n) is 23.1. The van der Waals surface area contributed by atoms with Crippen molar-refractivity contribution in [3.63, 3.8) is 0 Å². The van der Waals surface area contributed by atoms with E-state index in [1.165, 1.54) is 6.08 Å². The number of likely N-dealkylation sites (tertiary alicyclic amines) is 1. The molecule has 4 aliphatic rings. The molecular formula is C29H36ClN7O3. The van der Waals surface area contributed by atoms with Crippen LogP contribution in [0.1, 0.15) is 30.1 Å². The zero-order chi connectivity index (χ0) is 27.5. The van der Waals surface area contributed by atoms with Crippen molar-refractivity contribution in [2.75, 3.05) is 57.5 Å².